The number of nitrogens with zero attached hydrogens (tertiary/aromatic N) is 3. The summed E-state index contributed by atoms with van der Waals surface area (Å²) >= 11 is 0. The second kappa shape index (κ2) is 6.51. The Kier molecular flexibility index (Phi) is 4.62. The maximum atomic E-state index is 12.5. The molecule has 2 aliphatic rings. The van der Waals surface area contributed by atoms with Crippen molar-refractivity contribution in [2.75, 3.05) is 13.1 Å². The number of aromatic nitrogens is 2. The summed E-state index contributed by atoms with van der Waals surface area (Å²) in [6, 6.07) is -0.0245. The predicted molar refractivity (Wildman–Crippen MR) is 87.9 cm³/mol. The number of amides is 2. The van der Waals surface area contributed by atoms with Crippen molar-refractivity contribution < 1.29 is 9.90 Å². The fourth-order valence-electron chi connectivity index (χ4n) is 4.07. The highest BCUT2D eigenvalue weighted by Crippen LogP contribution is 2.39. The number of aryl methyl sites for hydroxylation is 2. The summed E-state index contributed by atoms with van der Waals surface area (Å²) in [7, 11) is 1.90. The molecule has 0 bridgehead atoms. The number of carbonyl (C=O) groups excluding carboxylic acids is 1. The number of carbonyl (C=O) groups is 1. The summed E-state index contributed by atoms with van der Waals surface area (Å²) in [5.74, 6) is 0.236. The Morgan fingerprint density at radius 3 is 3.09 bits per heavy atom. The van der Waals surface area contributed by atoms with Gasteiger partial charge in [0.25, 0.3) is 0 Å². The minimum atomic E-state index is -0.534. The lowest BCUT2D eigenvalue weighted by atomic mass is 9.71. The number of hydrogen-bond donors (Lipinski definition) is 2. The highest BCUT2D eigenvalue weighted by Gasteiger charge is 2.43. The molecule has 0 aromatic carbocycles. The van der Waals surface area contributed by atoms with Gasteiger partial charge in [0.05, 0.1) is 11.3 Å². The average Bonchev–Trinajstić information content (AvgIpc) is 2.91. The second-order valence-corrected chi connectivity index (χ2v) is 7.03. The molecule has 6 nitrogen and oxygen atoms in total. The van der Waals surface area contributed by atoms with E-state index in [4.69, 9.17) is 0 Å². The van der Waals surface area contributed by atoms with Crippen LogP contribution in [0.5, 0.6) is 0 Å². The van der Waals surface area contributed by atoms with Crippen molar-refractivity contribution in [1.29, 1.82) is 0 Å². The molecule has 1 saturated heterocycles. The summed E-state index contributed by atoms with van der Waals surface area (Å²) in [6.07, 6.45) is 7.74. The molecular formula is C17H28N4O2. The molecule has 1 aliphatic heterocycles. The summed E-state index contributed by atoms with van der Waals surface area (Å²) in [5, 5.41) is 18.1. The van der Waals surface area contributed by atoms with Gasteiger partial charge in [-0.05, 0) is 25.7 Å². The molecule has 1 saturated carbocycles. The minimum Gasteiger partial charge on any atom is -0.389 e. The third-order valence-electron chi connectivity index (χ3n) is 5.47. The summed E-state index contributed by atoms with van der Waals surface area (Å²) in [6.45, 7) is 3.91. The van der Waals surface area contributed by atoms with Crippen LogP contribution in [0.1, 0.15) is 50.3 Å². The van der Waals surface area contributed by atoms with E-state index in [0.717, 1.165) is 43.4 Å². The third kappa shape index (κ3) is 3.37. The molecule has 2 atom stereocenters. The number of likely N-dealkylation sites (tertiary alicyclic amines) is 1. The van der Waals surface area contributed by atoms with Gasteiger partial charge in [-0.25, -0.2) is 4.79 Å². The smallest absolute Gasteiger partial charge is 0.317 e. The first kappa shape index (κ1) is 16.3. The van der Waals surface area contributed by atoms with Crippen LogP contribution in [0.4, 0.5) is 4.79 Å². The SMILES string of the molecule is CCc1nn(C)cc1CNC(=O)N1CCC2(O)CCCCC2C1. The van der Waals surface area contributed by atoms with E-state index >= 15 is 0 Å². The van der Waals surface area contributed by atoms with Gasteiger partial charge in [-0.15, -0.1) is 0 Å². The minimum absolute atomic E-state index is 0.0245. The maximum Gasteiger partial charge on any atom is 0.317 e. The van der Waals surface area contributed by atoms with Crippen LogP contribution >= 0.6 is 0 Å². The summed E-state index contributed by atoms with van der Waals surface area (Å²) < 4.78 is 1.79. The van der Waals surface area contributed by atoms with Crippen LogP contribution in [-0.2, 0) is 20.0 Å². The van der Waals surface area contributed by atoms with E-state index in [1.165, 1.54) is 0 Å². The molecule has 2 heterocycles. The third-order valence-corrected chi connectivity index (χ3v) is 5.47. The van der Waals surface area contributed by atoms with Crippen molar-refractivity contribution in [3.63, 3.8) is 0 Å². The lowest BCUT2D eigenvalue weighted by Gasteiger charge is -2.47. The van der Waals surface area contributed by atoms with Gasteiger partial charge < -0.3 is 15.3 Å². The van der Waals surface area contributed by atoms with Crippen LogP contribution in [0.15, 0.2) is 6.20 Å². The molecular weight excluding hydrogens is 292 g/mol. The molecule has 2 unspecified atom stereocenters. The van der Waals surface area contributed by atoms with E-state index in [0.29, 0.717) is 26.1 Å². The number of nitrogens with one attached hydrogen (secondary N) is 1. The monoisotopic (exact) mass is 320 g/mol. The van der Waals surface area contributed by atoms with E-state index in [2.05, 4.69) is 17.3 Å². The molecule has 1 aliphatic carbocycles. The van der Waals surface area contributed by atoms with Crippen molar-refractivity contribution >= 4 is 6.03 Å². The van der Waals surface area contributed by atoms with Crippen molar-refractivity contribution in [2.24, 2.45) is 13.0 Å². The number of fused-ring (bicyclic) bond motifs is 1. The average molecular weight is 320 g/mol. The fraction of sp³-hybridized carbons (Fsp3) is 0.765. The van der Waals surface area contributed by atoms with Crippen LogP contribution in [0.3, 0.4) is 0 Å². The van der Waals surface area contributed by atoms with Gasteiger partial charge in [-0.1, -0.05) is 19.8 Å². The Morgan fingerprint density at radius 2 is 2.30 bits per heavy atom. The van der Waals surface area contributed by atoms with Crippen LogP contribution in [0.2, 0.25) is 0 Å². The normalized spacial score (nSPS) is 27.6. The van der Waals surface area contributed by atoms with E-state index in [1.807, 2.05) is 18.1 Å². The molecule has 6 heteroatoms. The van der Waals surface area contributed by atoms with Crippen molar-refractivity contribution in [1.82, 2.24) is 20.0 Å². The Balaban J connectivity index is 1.56. The van der Waals surface area contributed by atoms with Gasteiger partial charge in [0.2, 0.25) is 0 Å². The molecule has 0 radical (unpaired) electrons. The number of piperidine rings is 1. The topological polar surface area (TPSA) is 70.4 Å². The molecule has 2 fully saturated rings. The molecule has 1 aromatic heterocycles. The number of aliphatic hydroxyl groups is 1. The first-order chi connectivity index (χ1) is 11.0. The Bertz CT molecular complexity index is 571. The van der Waals surface area contributed by atoms with Crippen LogP contribution < -0.4 is 5.32 Å². The van der Waals surface area contributed by atoms with Crippen LogP contribution in [0, 0.1) is 5.92 Å². The Labute approximate surface area is 137 Å². The van der Waals surface area contributed by atoms with Crippen LogP contribution in [0.25, 0.3) is 0 Å². The molecule has 23 heavy (non-hydrogen) atoms. The van der Waals surface area contributed by atoms with Gasteiger partial charge >= 0.3 is 6.03 Å². The molecule has 1 aromatic rings. The Morgan fingerprint density at radius 1 is 1.48 bits per heavy atom. The molecule has 3 rings (SSSR count). The standard InChI is InChI=1S/C17H28N4O2/c1-3-15-13(11-20(2)19-15)10-18-16(22)21-9-8-17(23)7-5-4-6-14(17)12-21/h11,14,23H,3-10,12H2,1-2H3,(H,18,22). The Hall–Kier alpha value is -1.56. The zero-order chi connectivity index (χ0) is 16.4. The van der Waals surface area contributed by atoms with E-state index < -0.39 is 5.60 Å². The van der Waals surface area contributed by atoms with Gasteiger partial charge in [0, 0.05) is 44.4 Å². The van der Waals surface area contributed by atoms with Gasteiger partial charge in [0.15, 0.2) is 0 Å². The predicted octanol–water partition coefficient (Wildman–Crippen LogP) is 1.82. The first-order valence-corrected chi connectivity index (χ1v) is 8.78. The quantitative estimate of drug-likeness (QED) is 0.892. The lowest BCUT2D eigenvalue weighted by Crippen LogP contribution is -2.56. The summed E-state index contributed by atoms with van der Waals surface area (Å²) in [5.41, 5.74) is 1.58. The van der Waals surface area contributed by atoms with Gasteiger partial charge in [0.1, 0.15) is 0 Å². The fourth-order valence-corrected chi connectivity index (χ4v) is 4.07. The zero-order valence-corrected chi connectivity index (χ0v) is 14.2. The maximum absolute atomic E-state index is 12.5. The van der Waals surface area contributed by atoms with Crippen molar-refractivity contribution in [3.05, 3.63) is 17.5 Å². The largest absolute Gasteiger partial charge is 0.389 e. The molecule has 2 amide bonds. The molecule has 2 N–H and O–H groups in total. The number of hydrogen-bond acceptors (Lipinski definition) is 3. The highest BCUT2D eigenvalue weighted by atomic mass is 16.3. The zero-order valence-electron chi connectivity index (χ0n) is 14.2. The van der Waals surface area contributed by atoms with Gasteiger partial charge in [-0.3, -0.25) is 4.68 Å². The first-order valence-electron chi connectivity index (χ1n) is 8.78. The molecule has 128 valence electrons. The van der Waals surface area contributed by atoms with E-state index in [9.17, 15) is 9.90 Å². The summed E-state index contributed by atoms with van der Waals surface area (Å²) in [4.78, 5) is 14.3. The van der Waals surface area contributed by atoms with Crippen molar-refractivity contribution in [3.8, 4) is 0 Å². The molecule has 0 spiro atoms. The number of urea groups is 1. The second-order valence-electron chi connectivity index (χ2n) is 7.03. The van der Waals surface area contributed by atoms with Crippen LogP contribution in [-0.4, -0.2) is 44.5 Å². The lowest BCUT2D eigenvalue weighted by molar-refractivity contribution is -0.0870. The number of rotatable bonds is 3. The van der Waals surface area contributed by atoms with Crippen molar-refractivity contribution in [2.45, 2.75) is 57.6 Å². The van der Waals surface area contributed by atoms with E-state index in [-0.39, 0.29) is 11.9 Å². The van der Waals surface area contributed by atoms with E-state index in [1.54, 1.807) is 4.68 Å². The highest BCUT2D eigenvalue weighted by molar-refractivity contribution is 5.74. The van der Waals surface area contributed by atoms with Gasteiger partial charge in [-0.2, -0.15) is 5.10 Å².